The standard InChI is InChI=1S/C25H42O5/c1-8-17(3)22(28)30-20-15-18(4)23(5,13-11-16(2)14-21(26)27)19-10-9-12-24(6,29)25(19,20)7/h8,16,18-20,29H,9-15H2,1-7H3,(H,26,27)/b17-8-/t16-,18+,19+,20-,23-,24+,25-/m0/s1. The molecular weight excluding hydrogens is 380 g/mol. The third kappa shape index (κ3) is 4.46. The Morgan fingerprint density at radius 3 is 2.47 bits per heavy atom. The topological polar surface area (TPSA) is 83.8 Å². The van der Waals surface area contributed by atoms with Gasteiger partial charge in [-0.3, -0.25) is 4.79 Å². The number of hydrogen-bond donors (Lipinski definition) is 2. The summed E-state index contributed by atoms with van der Waals surface area (Å²) < 4.78 is 6.05. The Morgan fingerprint density at radius 1 is 1.27 bits per heavy atom. The monoisotopic (exact) mass is 422 g/mol. The Hall–Kier alpha value is -1.36. The average Bonchev–Trinajstić information content (AvgIpc) is 2.65. The number of hydrogen-bond acceptors (Lipinski definition) is 4. The van der Waals surface area contributed by atoms with Crippen LogP contribution in [0.15, 0.2) is 11.6 Å². The van der Waals surface area contributed by atoms with Crippen molar-refractivity contribution in [2.45, 2.75) is 105 Å². The lowest BCUT2D eigenvalue weighted by atomic mass is 9.42. The van der Waals surface area contributed by atoms with Gasteiger partial charge in [0.1, 0.15) is 6.10 Å². The van der Waals surface area contributed by atoms with Gasteiger partial charge in [-0.1, -0.05) is 40.2 Å². The van der Waals surface area contributed by atoms with Crippen LogP contribution in [0.2, 0.25) is 0 Å². The molecule has 0 amide bonds. The number of aliphatic hydroxyl groups is 1. The van der Waals surface area contributed by atoms with Gasteiger partial charge in [0.2, 0.25) is 0 Å². The number of carboxylic acids is 1. The summed E-state index contributed by atoms with van der Waals surface area (Å²) in [6.45, 7) is 14.2. The van der Waals surface area contributed by atoms with Crippen LogP contribution < -0.4 is 0 Å². The van der Waals surface area contributed by atoms with Gasteiger partial charge in [-0.05, 0) is 76.0 Å². The highest BCUT2D eigenvalue weighted by Gasteiger charge is 2.65. The first-order chi connectivity index (χ1) is 13.8. The first kappa shape index (κ1) is 24.9. The molecule has 0 unspecified atom stereocenters. The van der Waals surface area contributed by atoms with Crippen molar-refractivity contribution in [2.75, 3.05) is 0 Å². The number of carbonyl (C=O) groups is 2. The lowest BCUT2D eigenvalue weighted by molar-refractivity contribution is -0.247. The predicted octanol–water partition coefficient (Wildman–Crippen LogP) is 5.36. The van der Waals surface area contributed by atoms with Gasteiger partial charge in [0.05, 0.1) is 5.60 Å². The molecule has 0 radical (unpaired) electrons. The molecule has 7 atom stereocenters. The van der Waals surface area contributed by atoms with Gasteiger partial charge in [-0.25, -0.2) is 4.79 Å². The second-order valence-electron chi connectivity index (χ2n) is 10.8. The van der Waals surface area contributed by atoms with Crippen LogP contribution in [0.4, 0.5) is 0 Å². The summed E-state index contributed by atoms with van der Waals surface area (Å²) in [6, 6.07) is 0. The average molecular weight is 423 g/mol. The molecule has 2 N–H and O–H groups in total. The molecule has 30 heavy (non-hydrogen) atoms. The van der Waals surface area contributed by atoms with Crippen LogP contribution >= 0.6 is 0 Å². The van der Waals surface area contributed by atoms with Gasteiger partial charge in [0.15, 0.2) is 0 Å². The molecule has 0 aromatic carbocycles. The van der Waals surface area contributed by atoms with Crippen LogP contribution in [0.25, 0.3) is 0 Å². The molecule has 2 aliphatic rings. The number of aliphatic carboxylic acids is 1. The molecule has 0 bridgehead atoms. The first-order valence-electron chi connectivity index (χ1n) is 11.6. The van der Waals surface area contributed by atoms with Crippen molar-refractivity contribution in [2.24, 2.45) is 28.6 Å². The van der Waals surface area contributed by atoms with E-state index in [2.05, 4.69) is 20.8 Å². The molecule has 0 aromatic heterocycles. The maximum absolute atomic E-state index is 12.6. The molecule has 2 fully saturated rings. The number of fused-ring (bicyclic) bond motifs is 1. The molecule has 2 rings (SSSR count). The number of carboxylic acid groups (broad SMARTS) is 1. The summed E-state index contributed by atoms with van der Waals surface area (Å²) in [4.78, 5) is 23.7. The number of carbonyl (C=O) groups excluding carboxylic acids is 1. The molecule has 2 saturated carbocycles. The van der Waals surface area contributed by atoms with Crippen LogP contribution in [0.1, 0.15) is 93.4 Å². The smallest absolute Gasteiger partial charge is 0.333 e. The normalized spacial score (nSPS) is 40.4. The van der Waals surface area contributed by atoms with Gasteiger partial charge in [-0.15, -0.1) is 0 Å². The van der Waals surface area contributed by atoms with Gasteiger partial charge in [0, 0.05) is 17.4 Å². The molecule has 2 aliphatic carbocycles. The predicted molar refractivity (Wildman–Crippen MR) is 118 cm³/mol. The van der Waals surface area contributed by atoms with Crippen LogP contribution in [0, 0.1) is 28.6 Å². The molecular formula is C25H42O5. The van der Waals surface area contributed by atoms with E-state index in [4.69, 9.17) is 9.84 Å². The second kappa shape index (κ2) is 9.02. The Kier molecular flexibility index (Phi) is 7.49. The largest absolute Gasteiger partial charge is 0.481 e. The van der Waals surface area contributed by atoms with Gasteiger partial charge >= 0.3 is 11.9 Å². The summed E-state index contributed by atoms with van der Waals surface area (Å²) in [5, 5.41) is 20.7. The quantitative estimate of drug-likeness (QED) is 0.426. The van der Waals surface area contributed by atoms with Gasteiger partial charge in [-0.2, -0.15) is 0 Å². The van der Waals surface area contributed by atoms with Crippen molar-refractivity contribution in [1.29, 1.82) is 0 Å². The minimum absolute atomic E-state index is 0.0372. The van der Waals surface area contributed by atoms with E-state index < -0.39 is 17.0 Å². The lowest BCUT2D eigenvalue weighted by Gasteiger charge is -2.65. The van der Waals surface area contributed by atoms with E-state index in [0.29, 0.717) is 17.9 Å². The molecule has 0 heterocycles. The fourth-order valence-corrected chi connectivity index (χ4v) is 6.25. The molecule has 0 aliphatic heterocycles. The van der Waals surface area contributed by atoms with E-state index in [1.165, 1.54) is 0 Å². The minimum atomic E-state index is -0.918. The maximum Gasteiger partial charge on any atom is 0.333 e. The fraction of sp³-hybridized carbons (Fsp3) is 0.840. The highest BCUT2D eigenvalue weighted by Crippen LogP contribution is 2.65. The summed E-state index contributed by atoms with van der Waals surface area (Å²) >= 11 is 0. The van der Waals surface area contributed by atoms with Crippen LogP contribution in [0.3, 0.4) is 0 Å². The number of allylic oxidation sites excluding steroid dienone is 1. The maximum atomic E-state index is 12.6. The SMILES string of the molecule is C/C=C(/C)C(=O)O[C@H]1C[C@@H](C)[C@](C)(CC[C@H](C)CC(=O)O)[C@H]2CCC[C@@](C)(O)[C@]12C. The van der Waals surface area contributed by atoms with Crippen molar-refractivity contribution in [3.8, 4) is 0 Å². The zero-order valence-electron chi connectivity index (χ0n) is 20.0. The van der Waals surface area contributed by atoms with Crippen LogP contribution in [-0.4, -0.2) is 33.9 Å². The van der Waals surface area contributed by atoms with Crippen LogP contribution in [-0.2, 0) is 14.3 Å². The summed E-state index contributed by atoms with van der Waals surface area (Å²) in [5.74, 6) is -0.408. The Morgan fingerprint density at radius 2 is 1.90 bits per heavy atom. The molecule has 0 aromatic rings. The molecule has 172 valence electrons. The first-order valence-corrected chi connectivity index (χ1v) is 11.6. The fourth-order valence-electron chi connectivity index (χ4n) is 6.25. The van der Waals surface area contributed by atoms with E-state index in [-0.39, 0.29) is 35.7 Å². The van der Waals surface area contributed by atoms with Gasteiger partial charge < -0.3 is 14.9 Å². The number of esters is 1. The molecule has 0 saturated heterocycles. The zero-order chi connectivity index (χ0) is 22.9. The number of rotatable bonds is 7. The highest BCUT2D eigenvalue weighted by molar-refractivity contribution is 5.87. The Labute approximate surface area is 182 Å². The third-order valence-electron chi connectivity index (χ3n) is 8.90. The van der Waals surface area contributed by atoms with E-state index >= 15 is 0 Å². The molecule has 5 heteroatoms. The van der Waals surface area contributed by atoms with E-state index in [0.717, 1.165) is 32.1 Å². The van der Waals surface area contributed by atoms with Crippen LogP contribution in [0.5, 0.6) is 0 Å². The van der Waals surface area contributed by atoms with E-state index in [9.17, 15) is 14.7 Å². The summed E-state index contributed by atoms with van der Waals surface area (Å²) in [5.41, 5.74) is -0.899. The lowest BCUT2D eigenvalue weighted by Crippen LogP contribution is -2.66. The summed E-state index contributed by atoms with van der Waals surface area (Å²) in [6.07, 6.45) is 6.77. The van der Waals surface area contributed by atoms with E-state index in [1.54, 1.807) is 13.0 Å². The Bertz CT molecular complexity index is 681. The van der Waals surface area contributed by atoms with Crippen molar-refractivity contribution in [3.63, 3.8) is 0 Å². The molecule has 5 nitrogen and oxygen atoms in total. The number of ether oxygens (including phenoxy) is 1. The van der Waals surface area contributed by atoms with E-state index in [1.807, 2.05) is 20.8 Å². The Balaban J connectivity index is 2.37. The molecule has 0 spiro atoms. The van der Waals surface area contributed by atoms with Crippen molar-refractivity contribution >= 4 is 11.9 Å². The van der Waals surface area contributed by atoms with Crippen molar-refractivity contribution < 1.29 is 24.5 Å². The highest BCUT2D eigenvalue weighted by atomic mass is 16.5. The van der Waals surface area contributed by atoms with Gasteiger partial charge in [0.25, 0.3) is 0 Å². The zero-order valence-corrected chi connectivity index (χ0v) is 20.0. The van der Waals surface area contributed by atoms with Crippen molar-refractivity contribution in [3.05, 3.63) is 11.6 Å². The summed E-state index contributed by atoms with van der Waals surface area (Å²) in [7, 11) is 0. The third-order valence-corrected chi connectivity index (χ3v) is 8.90. The van der Waals surface area contributed by atoms with Crippen molar-refractivity contribution in [1.82, 2.24) is 0 Å². The second-order valence-corrected chi connectivity index (χ2v) is 10.8. The minimum Gasteiger partial charge on any atom is -0.481 e.